The van der Waals surface area contributed by atoms with Crippen LogP contribution in [0.3, 0.4) is 0 Å². The van der Waals surface area contributed by atoms with Crippen LogP contribution in [0.5, 0.6) is 11.5 Å². The van der Waals surface area contributed by atoms with Crippen molar-refractivity contribution >= 4 is 34.3 Å². The topological polar surface area (TPSA) is 83.3 Å². The minimum atomic E-state index is -0.0890. The average Bonchev–Trinajstić information content (AvgIpc) is 3.12. The van der Waals surface area contributed by atoms with Crippen molar-refractivity contribution in [3.05, 3.63) is 29.8 Å². The maximum absolute atomic E-state index is 6.19. The van der Waals surface area contributed by atoms with Crippen LogP contribution >= 0.6 is 11.6 Å². The van der Waals surface area contributed by atoms with Gasteiger partial charge in [0.05, 0.1) is 26.2 Å². The second-order valence-electron chi connectivity index (χ2n) is 6.18. The van der Waals surface area contributed by atoms with E-state index in [1.165, 1.54) is 0 Å². The van der Waals surface area contributed by atoms with Gasteiger partial charge in [0, 0.05) is 12.7 Å². The largest absolute Gasteiger partial charge is 0.497 e. The maximum Gasteiger partial charge on any atom is 0.226 e. The average molecular weight is 390 g/mol. The van der Waals surface area contributed by atoms with E-state index in [2.05, 4.69) is 20.3 Å². The molecule has 0 aliphatic carbocycles. The first-order valence-corrected chi connectivity index (χ1v) is 9.08. The van der Waals surface area contributed by atoms with Crippen molar-refractivity contribution in [2.24, 2.45) is 0 Å². The second kappa shape index (κ2) is 7.58. The van der Waals surface area contributed by atoms with E-state index in [9.17, 15) is 0 Å². The summed E-state index contributed by atoms with van der Waals surface area (Å²) < 4.78 is 18.5. The number of imidazole rings is 1. The summed E-state index contributed by atoms with van der Waals surface area (Å²) in [7, 11) is 3.21. The molecule has 1 fully saturated rings. The highest BCUT2D eigenvalue weighted by Gasteiger charge is 2.21. The molecule has 1 saturated heterocycles. The van der Waals surface area contributed by atoms with Crippen molar-refractivity contribution in [1.29, 1.82) is 0 Å². The number of rotatable bonds is 5. The first kappa shape index (κ1) is 17.8. The molecule has 1 unspecified atom stereocenters. The molecular weight excluding hydrogens is 370 g/mol. The fraction of sp³-hybridized carbons (Fsp3) is 0.389. The predicted molar refractivity (Wildman–Crippen MR) is 102 cm³/mol. The van der Waals surface area contributed by atoms with Crippen LogP contribution in [0, 0.1) is 0 Å². The first-order valence-electron chi connectivity index (χ1n) is 8.70. The molecule has 0 spiro atoms. The molecule has 142 valence electrons. The molecule has 1 aliphatic heterocycles. The minimum absolute atomic E-state index is 0.0890. The van der Waals surface area contributed by atoms with Gasteiger partial charge in [0.15, 0.2) is 17.0 Å². The van der Waals surface area contributed by atoms with Crippen LogP contribution in [0.1, 0.15) is 25.5 Å². The number of benzene rings is 1. The lowest BCUT2D eigenvalue weighted by atomic mass is 10.2. The summed E-state index contributed by atoms with van der Waals surface area (Å²) in [6, 6.07) is 5.46. The van der Waals surface area contributed by atoms with Crippen molar-refractivity contribution in [3.63, 3.8) is 0 Å². The fourth-order valence-corrected chi connectivity index (χ4v) is 3.33. The van der Waals surface area contributed by atoms with E-state index in [1.54, 1.807) is 20.5 Å². The number of nitrogens with zero attached hydrogens (tertiary/aromatic N) is 4. The van der Waals surface area contributed by atoms with E-state index >= 15 is 0 Å². The number of hydrogen-bond donors (Lipinski definition) is 1. The zero-order chi connectivity index (χ0) is 18.8. The highest BCUT2D eigenvalue weighted by molar-refractivity contribution is 6.28. The van der Waals surface area contributed by atoms with Gasteiger partial charge in [-0.1, -0.05) is 0 Å². The molecule has 2 aromatic heterocycles. The molecular formula is C18H20ClN5O3. The summed E-state index contributed by atoms with van der Waals surface area (Å²) in [6.07, 6.45) is 4.73. The second-order valence-corrected chi connectivity index (χ2v) is 6.52. The molecule has 1 aliphatic rings. The molecule has 4 rings (SSSR count). The van der Waals surface area contributed by atoms with Gasteiger partial charge in [0.2, 0.25) is 5.28 Å². The standard InChI is InChI=1S/C18H20ClN5O3/c1-25-11-6-7-13(26-2)12(9-11)21-16-15-17(23-18(19)22-16)24(10-20-15)14-5-3-4-8-27-14/h6-7,9-10,14H,3-5,8H2,1-2H3,(H,21,22,23). The van der Waals surface area contributed by atoms with Gasteiger partial charge in [-0.15, -0.1) is 0 Å². The molecule has 0 amide bonds. The maximum atomic E-state index is 6.19. The highest BCUT2D eigenvalue weighted by atomic mass is 35.5. The third kappa shape index (κ3) is 3.50. The van der Waals surface area contributed by atoms with Crippen LogP contribution in [-0.2, 0) is 4.74 Å². The SMILES string of the molecule is COc1ccc(OC)c(Nc2nc(Cl)nc3c2ncn3C2CCCCO2)c1. The monoisotopic (exact) mass is 389 g/mol. The van der Waals surface area contributed by atoms with E-state index < -0.39 is 0 Å². The van der Waals surface area contributed by atoms with Crippen LogP contribution in [0.4, 0.5) is 11.5 Å². The summed E-state index contributed by atoms with van der Waals surface area (Å²) in [5.41, 5.74) is 1.93. The van der Waals surface area contributed by atoms with Crippen molar-refractivity contribution in [2.45, 2.75) is 25.5 Å². The summed E-state index contributed by atoms with van der Waals surface area (Å²) in [5.74, 6) is 1.83. The molecule has 1 atom stereocenters. The van der Waals surface area contributed by atoms with Gasteiger partial charge in [0.25, 0.3) is 0 Å². The van der Waals surface area contributed by atoms with Crippen molar-refractivity contribution in [3.8, 4) is 11.5 Å². The first-order chi connectivity index (χ1) is 13.2. The molecule has 1 N–H and O–H groups in total. The number of nitrogens with one attached hydrogen (secondary N) is 1. The van der Waals surface area contributed by atoms with Gasteiger partial charge in [-0.3, -0.25) is 4.57 Å². The lowest BCUT2D eigenvalue weighted by Gasteiger charge is -2.23. The van der Waals surface area contributed by atoms with E-state index in [1.807, 2.05) is 22.8 Å². The van der Waals surface area contributed by atoms with Crippen LogP contribution in [-0.4, -0.2) is 40.3 Å². The van der Waals surface area contributed by atoms with Gasteiger partial charge >= 0.3 is 0 Å². The molecule has 9 heteroatoms. The van der Waals surface area contributed by atoms with Crippen molar-refractivity contribution < 1.29 is 14.2 Å². The van der Waals surface area contributed by atoms with Gasteiger partial charge in [-0.05, 0) is 43.0 Å². The number of aromatic nitrogens is 4. The Kier molecular flexibility index (Phi) is 5.00. The summed E-state index contributed by atoms with van der Waals surface area (Å²) >= 11 is 6.19. The molecule has 0 saturated carbocycles. The Balaban J connectivity index is 1.75. The molecule has 0 radical (unpaired) electrons. The van der Waals surface area contributed by atoms with Gasteiger partial charge in [-0.2, -0.15) is 9.97 Å². The molecule has 0 bridgehead atoms. The highest BCUT2D eigenvalue weighted by Crippen LogP contribution is 2.34. The minimum Gasteiger partial charge on any atom is -0.497 e. The Bertz CT molecular complexity index is 956. The van der Waals surface area contributed by atoms with E-state index in [0.29, 0.717) is 34.2 Å². The van der Waals surface area contributed by atoms with E-state index in [0.717, 1.165) is 25.9 Å². The molecule has 8 nitrogen and oxygen atoms in total. The smallest absolute Gasteiger partial charge is 0.226 e. The Morgan fingerprint density at radius 3 is 2.85 bits per heavy atom. The van der Waals surface area contributed by atoms with Crippen molar-refractivity contribution in [2.75, 3.05) is 26.1 Å². The van der Waals surface area contributed by atoms with E-state index in [4.69, 9.17) is 25.8 Å². The van der Waals surface area contributed by atoms with Gasteiger partial charge < -0.3 is 19.5 Å². The van der Waals surface area contributed by atoms with Crippen LogP contribution in [0.25, 0.3) is 11.2 Å². The van der Waals surface area contributed by atoms with Crippen LogP contribution in [0.15, 0.2) is 24.5 Å². The molecule has 27 heavy (non-hydrogen) atoms. The van der Waals surface area contributed by atoms with Gasteiger partial charge in [-0.25, -0.2) is 4.98 Å². The third-order valence-electron chi connectivity index (χ3n) is 4.52. The van der Waals surface area contributed by atoms with E-state index in [-0.39, 0.29) is 11.5 Å². The Labute approximate surface area is 161 Å². The lowest BCUT2D eigenvalue weighted by Crippen LogP contribution is -2.17. The fourth-order valence-electron chi connectivity index (χ4n) is 3.17. The zero-order valence-corrected chi connectivity index (χ0v) is 15.9. The Hall–Kier alpha value is -2.58. The Morgan fingerprint density at radius 2 is 2.11 bits per heavy atom. The number of hydrogen-bond acceptors (Lipinski definition) is 7. The third-order valence-corrected chi connectivity index (χ3v) is 4.69. The summed E-state index contributed by atoms with van der Waals surface area (Å²) in [6.45, 7) is 0.731. The Morgan fingerprint density at radius 1 is 1.22 bits per heavy atom. The summed E-state index contributed by atoms with van der Waals surface area (Å²) in [5, 5.41) is 3.37. The quantitative estimate of drug-likeness (QED) is 0.661. The summed E-state index contributed by atoms with van der Waals surface area (Å²) in [4.78, 5) is 13.2. The molecule has 3 aromatic rings. The molecule has 1 aromatic carbocycles. The molecule has 3 heterocycles. The normalized spacial score (nSPS) is 17.1. The number of ether oxygens (including phenoxy) is 3. The number of halogens is 1. The zero-order valence-electron chi connectivity index (χ0n) is 15.1. The number of methoxy groups -OCH3 is 2. The van der Waals surface area contributed by atoms with Crippen LogP contribution < -0.4 is 14.8 Å². The lowest BCUT2D eigenvalue weighted by molar-refractivity contribution is -0.0298. The van der Waals surface area contributed by atoms with Crippen LogP contribution in [0.2, 0.25) is 5.28 Å². The van der Waals surface area contributed by atoms with Crippen molar-refractivity contribution in [1.82, 2.24) is 19.5 Å². The van der Waals surface area contributed by atoms with Gasteiger partial charge in [0.1, 0.15) is 17.7 Å². The number of anilines is 2. The number of fused-ring (bicyclic) bond motifs is 1. The predicted octanol–water partition coefficient (Wildman–Crippen LogP) is 3.94.